The molecule has 0 bridgehead atoms. The van der Waals surface area contributed by atoms with Crippen LogP contribution in [0.1, 0.15) is 5.56 Å². The Balaban J connectivity index is 2.15. The van der Waals surface area contributed by atoms with E-state index in [4.69, 9.17) is 0 Å². The number of rotatable bonds is 1. The van der Waals surface area contributed by atoms with Crippen molar-refractivity contribution in [3.05, 3.63) is 29.8 Å². The van der Waals surface area contributed by atoms with E-state index < -0.39 is 0 Å². The van der Waals surface area contributed by atoms with E-state index in [0.29, 0.717) is 0 Å². The van der Waals surface area contributed by atoms with Gasteiger partial charge in [0, 0.05) is 26.3 Å². The SMILES string of the molecule is CN(C)C(=O)C1CNc2ccccc2C1. The van der Waals surface area contributed by atoms with Crippen molar-refractivity contribution in [1.29, 1.82) is 0 Å². The lowest BCUT2D eigenvalue weighted by Gasteiger charge is -2.27. The predicted molar refractivity (Wildman–Crippen MR) is 60.8 cm³/mol. The molecule has 1 atom stereocenters. The van der Waals surface area contributed by atoms with Gasteiger partial charge in [-0.05, 0) is 18.1 Å². The van der Waals surface area contributed by atoms with Crippen LogP contribution < -0.4 is 5.32 Å². The number of anilines is 1. The van der Waals surface area contributed by atoms with E-state index in [1.165, 1.54) is 11.3 Å². The molecule has 15 heavy (non-hydrogen) atoms. The van der Waals surface area contributed by atoms with Gasteiger partial charge >= 0.3 is 0 Å². The lowest BCUT2D eigenvalue weighted by atomic mass is 9.93. The second-order valence-electron chi connectivity index (χ2n) is 4.17. The first kappa shape index (κ1) is 10.0. The largest absolute Gasteiger partial charge is 0.384 e. The average molecular weight is 204 g/mol. The van der Waals surface area contributed by atoms with Gasteiger partial charge in [0.1, 0.15) is 0 Å². The predicted octanol–water partition coefficient (Wildman–Crippen LogP) is 1.36. The number of carbonyl (C=O) groups excluding carboxylic acids is 1. The summed E-state index contributed by atoms with van der Waals surface area (Å²) in [4.78, 5) is 13.5. The van der Waals surface area contributed by atoms with Gasteiger partial charge in [-0.3, -0.25) is 4.79 Å². The van der Waals surface area contributed by atoms with Crippen LogP contribution in [0.5, 0.6) is 0 Å². The molecule has 1 aliphatic rings. The number of amides is 1. The Hall–Kier alpha value is -1.51. The molecule has 0 fully saturated rings. The fourth-order valence-electron chi connectivity index (χ4n) is 1.98. The van der Waals surface area contributed by atoms with Crippen LogP contribution in [0.2, 0.25) is 0 Å². The van der Waals surface area contributed by atoms with Crippen LogP contribution in [0.3, 0.4) is 0 Å². The van der Waals surface area contributed by atoms with Crippen molar-refractivity contribution >= 4 is 11.6 Å². The molecule has 0 aliphatic carbocycles. The van der Waals surface area contributed by atoms with Gasteiger partial charge in [-0.2, -0.15) is 0 Å². The number of nitrogens with zero attached hydrogens (tertiary/aromatic N) is 1. The van der Waals surface area contributed by atoms with Crippen molar-refractivity contribution in [1.82, 2.24) is 4.90 Å². The van der Waals surface area contributed by atoms with E-state index in [-0.39, 0.29) is 11.8 Å². The number of para-hydroxylation sites is 1. The van der Waals surface area contributed by atoms with E-state index >= 15 is 0 Å². The summed E-state index contributed by atoms with van der Waals surface area (Å²) in [6.07, 6.45) is 0.847. The van der Waals surface area contributed by atoms with Crippen LogP contribution in [0, 0.1) is 5.92 Å². The minimum Gasteiger partial charge on any atom is -0.384 e. The molecule has 1 unspecified atom stereocenters. The second kappa shape index (κ2) is 3.93. The fourth-order valence-corrected chi connectivity index (χ4v) is 1.98. The molecular formula is C12H16N2O. The van der Waals surface area contributed by atoms with Crippen molar-refractivity contribution in [2.45, 2.75) is 6.42 Å². The van der Waals surface area contributed by atoms with Gasteiger partial charge in [-0.1, -0.05) is 18.2 Å². The molecule has 1 aliphatic heterocycles. The highest BCUT2D eigenvalue weighted by molar-refractivity contribution is 5.80. The van der Waals surface area contributed by atoms with Crippen LogP contribution >= 0.6 is 0 Å². The fraction of sp³-hybridized carbons (Fsp3) is 0.417. The Morgan fingerprint density at radius 1 is 1.40 bits per heavy atom. The Labute approximate surface area is 90.1 Å². The van der Waals surface area contributed by atoms with Crippen LogP contribution in [-0.4, -0.2) is 31.4 Å². The molecule has 1 heterocycles. The zero-order valence-corrected chi connectivity index (χ0v) is 9.16. The first-order valence-corrected chi connectivity index (χ1v) is 5.21. The molecule has 3 nitrogen and oxygen atoms in total. The molecule has 0 saturated heterocycles. The zero-order chi connectivity index (χ0) is 10.8. The van der Waals surface area contributed by atoms with E-state index in [9.17, 15) is 4.79 Å². The van der Waals surface area contributed by atoms with Crippen LogP contribution in [0.15, 0.2) is 24.3 Å². The van der Waals surface area contributed by atoms with Crippen LogP contribution in [0.25, 0.3) is 0 Å². The molecule has 2 rings (SSSR count). The Kier molecular flexibility index (Phi) is 2.62. The monoisotopic (exact) mass is 204 g/mol. The number of benzene rings is 1. The Morgan fingerprint density at radius 3 is 2.87 bits per heavy atom. The molecule has 0 aromatic heterocycles. The van der Waals surface area contributed by atoms with Crippen LogP contribution in [0.4, 0.5) is 5.69 Å². The molecule has 3 heteroatoms. The highest BCUT2D eigenvalue weighted by Gasteiger charge is 2.24. The minimum atomic E-state index is 0.0786. The summed E-state index contributed by atoms with van der Waals surface area (Å²) in [5, 5.41) is 3.30. The van der Waals surface area contributed by atoms with E-state index in [1.54, 1.807) is 4.90 Å². The maximum atomic E-state index is 11.8. The van der Waals surface area contributed by atoms with Gasteiger partial charge in [0.2, 0.25) is 5.91 Å². The summed E-state index contributed by atoms with van der Waals surface area (Å²) >= 11 is 0. The van der Waals surface area contributed by atoms with E-state index in [0.717, 1.165) is 13.0 Å². The van der Waals surface area contributed by atoms with Gasteiger partial charge in [-0.15, -0.1) is 0 Å². The lowest BCUT2D eigenvalue weighted by molar-refractivity contribution is -0.132. The summed E-state index contributed by atoms with van der Waals surface area (Å²) in [5.41, 5.74) is 2.41. The standard InChI is InChI=1S/C12H16N2O/c1-14(2)12(15)10-7-9-5-3-4-6-11(9)13-8-10/h3-6,10,13H,7-8H2,1-2H3. The number of nitrogens with one attached hydrogen (secondary N) is 1. The van der Waals surface area contributed by atoms with Crippen molar-refractivity contribution < 1.29 is 4.79 Å². The Bertz CT molecular complexity index is 374. The molecule has 1 aromatic carbocycles. The first-order chi connectivity index (χ1) is 7.18. The molecular weight excluding hydrogens is 188 g/mol. The Morgan fingerprint density at radius 2 is 2.13 bits per heavy atom. The van der Waals surface area contributed by atoms with E-state index in [2.05, 4.69) is 17.4 Å². The van der Waals surface area contributed by atoms with Gasteiger partial charge in [0.05, 0.1) is 5.92 Å². The molecule has 1 N–H and O–H groups in total. The molecule has 1 amide bonds. The quantitative estimate of drug-likeness (QED) is 0.749. The molecule has 0 spiro atoms. The minimum absolute atomic E-state index is 0.0786. The highest BCUT2D eigenvalue weighted by Crippen LogP contribution is 2.24. The van der Waals surface area contributed by atoms with Gasteiger partial charge in [-0.25, -0.2) is 0 Å². The highest BCUT2D eigenvalue weighted by atomic mass is 16.2. The maximum Gasteiger partial charge on any atom is 0.227 e. The van der Waals surface area contributed by atoms with Gasteiger partial charge in [0.25, 0.3) is 0 Å². The number of carbonyl (C=O) groups is 1. The molecule has 1 aromatic rings. The molecule has 0 radical (unpaired) electrons. The van der Waals surface area contributed by atoms with Crippen molar-refractivity contribution in [3.8, 4) is 0 Å². The zero-order valence-electron chi connectivity index (χ0n) is 9.16. The first-order valence-electron chi connectivity index (χ1n) is 5.21. The number of fused-ring (bicyclic) bond motifs is 1. The summed E-state index contributed by atoms with van der Waals surface area (Å²) in [5.74, 6) is 0.284. The third-order valence-corrected chi connectivity index (χ3v) is 2.81. The normalized spacial score (nSPS) is 18.9. The third-order valence-electron chi connectivity index (χ3n) is 2.81. The summed E-state index contributed by atoms with van der Waals surface area (Å²) < 4.78 is 0. The third kappa shape index (κ3) is 1.96. The average Bonchev–Trinajstić information content (AvgIpc) is 2.27. The van der Waals surface area contributed by atoms with Crippen molar-refractivity contribution in [3.63, 3.8) is 0 Å². The van der Waals surface area contributed by atoms with Crippen molar-refractivity contribution in [2.75, 3.05) is 26.0 Å². The number of hydrogen-bond donors (Lipinski definition) is 1. The topological polar surface area (TPSA) is 32.3 Å². The molecule has 0 saturated carbocycles. The van der Waals surface area contributed by atoms with Crippen LogP contribution in [-0.2, 0) is 11.2 Å². The second-order valence-corrected chi connectivity index (χ2v) is 4.17. The number of hydrogen-bond acceptors (Lipinski definition) is 2. The maximum absolute atomic E-state index is 11.8. The van der Waals surface area contributed by atoms with Gasteiger partial charge < -0.3 is 10.2 Å². The van der Waals surface area contributed by atoms with E-state index in [1.807, 2.05) is 26.2 Å². The summed E-state index contributed by atoms with van der Waals surface area (Å²) in [7, 11) is 3.62. The lowest BCUT2D eigenvalue weighted by Crippen LogP contribution is -2.37. The van der Waals surface area contributed by atoms with Gasteiger partial charge in [0.15, 0.2) is 0 Å². The summed E-state index contributed by atoms with van der Waals surface area (Å²) in [6.45, 7) is 0.744. The molecule has 80 valence electrons. The summed E-state index contributed by atoms with van der Waals surface area (Å²) in [6, 6.07) is 8.17. The smallest absolute Gasteiger partial charge is 0.227 e. The van der Waals surface area contributed by atoms with Crippen molar-refractivity contribution in [2.24, 2.45) is 5.92 Å².